The summed E-state index contributed by atoms with van der Waals surface area (Å²) in [5, 5.41) is 0.559. The maximum absolute atomic E-state index is 13.4. The zero-order valence-electron chi connectivity index (χ0n) is 17.1. The van der Waals surface area contributed by atoms with Crippen LogP contribution < -0.4 is 4.90 Å². The van der Waals surface area contributed by atoms with Gasteiger partial charge in [0.25, 0.3) is 11.8 Å². The van der Waals surface area contributed by atoms with Gasteiger partial charge in [-0.25, -0.2) is 4.98 Å². The summed E-state index contributed by atoms with van der Waals surface area (Å²) < 4.78 is 0.973. The molecule has 0 atom stereocenters. The quantitative estimate of drug-likeness (QED) is 0.421. The van der Waals surface area contributed by atoms with Crippen LogP contribution in [-0.4, -0.2) is 40.7 Å². The van der Waals surface area contributed by atoms with E-state index in [-0.39, 0.29) is 12.5 Å². The minimum absolute atomic E-state index is 0.322. The van der Waals surface area contributed by atoms with E-state index in [0.717, 1.165) is 20.7 Å². The second-order valence-electron chi connectivity index (χ2n) is 7.49. The highest BCUT2D eigenvalue weighted by Crippen LogP contribution is 2.29. The molecule has 0 unspecified atom stereocenters. The SMILES string of the molecule is O=C1c2ccccc2C(=O)N1CC(=O)N(CCc1ccccc1)c1nc2ccccc2s1. The number of benzene rings is 3. The average molecular weight is 442 g/mol. The van der Waals surface area contributed by atoms with Crippen molar-refractivity contribution in [1.82, 2.24) is 9.88 Å². The number of carbonyl (C=O) groups excluding carboxylic acids is 3. The van der Waals surface area contributed by atoms with Crippen molar-refractivity contribution in [2.75, 3.05) is 18.0 Å². The summed E-state index contributed by atoms with van der Waals surface area (Å²) >= 11 is 1.42. The third-order valence-electron chi connectivity index (χ3n) is 5.45. The highest BCUT2D eigenvalue weighted by Gasteiger charge is 2.37. The fourth-order valence-electron chi connectivity index (χ4n) is 3.79. The molecule has 1 aliphatic rings. The highest BCUT2D eigenvalue weighted by molar-refractivity contribution is 7.22. The molecule has 7 heteroatoms. The Labute approximate surface area is 188 Å². The minimum Gasteiger partial charge on any atom is -0.286 e. The maximum Gasteiger partial charge on any atom is 0.262 e. The summed E-state index contributed by atoms with van der Waals surface area (Å²) in [6, 6.07) is 24.2. The number of anilines is 1. The summed E-state index contributed by atoms with van der Waals surface area (Å²) in [4.78, 5) is 46.1. The third kappa shape index (κ3) is 3.67. The van der Waals surface area contributed by atoms with E-state index in [1.807, 2.05) is 54.6 Å². The van der Waals surface area contributed by atoms with E-state index in [4.69, 9.17) is 0 Å². The second kappa shape index (κ2) is 8.36. The Bertz CT molecular complexity index is 1260. The van der Waals surface area contributed by atoms with E-state index in [0.29, 0.717) is 29.2 Å². The Morgan fingerprint density at radius 2 is 1.47 bits per heavy atom. The van der Waals surface area contributed by atoms with Gasteiger partial charge in [-0.15, -0.1) is 0 Å². The van der Waals surface area contributed by atoms with Crippen LogP contribution in [0, 0.1) is 0 Å². The molecule has 32 heavy (non-hydrogen) atoms. The molecule has 6 nitrogen and oxygen atoms in total. The Kier molecular flexibility index (Phi) is 5.25. The number of carbonyl (C=O) groups is 3. The van der Waals surface area contributed by atoms with Crippen molar-refractivity contribution >= 4 is 44.4 Å². The summed E-state index contributed by atoms with van der Waals surface area (Å²) in [5.74, 6) is -1.22. The predicted octanol–water partition coefficient (Wildman–Crippen LogP) is 4.17. The van der Waals surface area contributed by atoms with Gasteiger partial charge >= 0.3 is 0 Å². The van der Waals surface area contributed by atoms with Gasteiger partial charge in [0.05, 0.1) is 21.3 Å². The molecule has 0 spiro atoms. The topological polar surface area (TPSA) is 70.6 Å². The van der Waals surface area contributed by atoms with Crippen molar-refractivity contribution in [1.29, 1.82) is 0 Å². The van der Waals surface area contributed by atoms with Gasteiger partial charge in [-0.2, -0.15) is 0 Å². The lowest BCUT2D eigenvalue weighted by atomic mass is 10.1. The van der Waals surface area contributed by atoms with Gasteiger partial charge in [0.1, 0.15) is 6.54 Å². The number of para-hydroxylation sites is 1. The van der Waals surface area contributed by atoms with Gasteiger partial charge in [0.2, 0.25) is 5.91 Å². The molecule has 3 amide bonds. The molecule has 2 heterocycles. The van der Waals surface area contributed by atoms with Crippen molar-refractivity contribution in [2.24, 2.45) is 0 Å². The lowest BCUT2D eigenvalue weighted by molar-refractivity contribution is -0.118. The number of amides is 3. The van der Waals surface area contributed by atoms with E-state index in [1.165, 1.54) is 11.3 Å². The molecule has 4 aromatic rings. The van der Waals surface area contributed by atoms with Crippen LogP contribution in [0.1, 0.15) is 26.3 Å². The normalized spacial score (nSPS) is 12.9. The molecule has 1 aliphatic heterocycles. The number of hydrogen-bond acceptors (Lipinski definition) is 5. The molecule has 0 fully saturated rings. The fraction of sp³-hybridized carbons (Fsp3) is 0.120. The number of thiazole rings is 1. The van der Waals surface area contributed by atoms with E-state index in [2.05, 4.69) is 4.98 Å². The predicted molar refractivity (Wildman–Crippen MR) is 124 cm³/mol. The van der Waals surface area contributed by atoms with Crippen LogP contribution in [0.4, 0.5) is 5.13 Å². The number of rotatable bonds is 6. The summed E-state index contributed by atoms with van der Waals surface area (Å²) in [6.45, 7) is 0.0723. The van der Waals surface area contributed by atoms with Gasteiger partial charge in [0.15, 0.2) is 5.13 Å². The van der Waals surface area contributed by atoms with Crippen LogP contribution in [0.25, 0.3) is 10.2 Å². The molecule has 5 rings (SSSR count). The minimum atomic E-state index is -0.439. The van der Waals surface area contributed by atoms with Crippen molar-refractivity contribution < 1.29 is 14.4 Å². The molecule has 3 aromatic carbocycles. The number of fused-ring (bicyclic) bond motifs is 2. The van der Waals surface area contributed by atoms with Crippen molar-refractivity contribution in [3.63, 3.8) is 0 Å². The third-order valence-corrected chi connectivity index (χ3v) is 6.51. The van der Waals surface area contributed by atoms with Crippen LogP contribution in [0.15, 0.2) is 78.9 Å². The number of imide groups is 1. The van der Waals surface area contributed by atoms with Gasteiger partial charge in [-0.3, -0.25) is 24.2 Å². The Morgan fingerprint density at radius 1 is 0.844 bits per heavy atom. The molecule has 0 N–H and O–H groups in total. The number of aromatic nitrogens is 1. The lowest BCUT2D eigenvalue weighted by Gasteiger charge is -2.22. The fourth-order valence-corrected chi connectivity index (χ4v) is 4.80. The monoisotopic (exact) mass is 441 g/mol. The van der Waals surface area contributed by atoms with Crippen LogP contribution >= 0.6 is 11.3 Å². The maximum atomic E-state index is 13.4. The first kappa shape index (κ1) is 20.1. The van der Waals surface area contributed by atoms with Gasteiger partial charge < -0.3 is 0 Å². The molecular weight excluding hydrogens is 422 g/mol. The van der Waals surface area contributed by atoms with Gasteiger partial charge in [-0.1, -0.05) is 65.9 Å². The summed E-state index contributed by atoms with van der Waals surface area (Å²) in [6.07, 6.45) is 0.630. The van der Waals surface area contributed by atoms with E-state index in [9.17, 15) is 14.4 Å². The van der Waals surface area contributed by atoms with Crippen LogP contribution in [0.5, 0.6) is 0 Å². The van der Waals surface area contributed by atoms with E-state index >= 15 is 0 Å². The number of hydrogen-bond donors (Lipinski definition) is 0. The Morgan fingerprint density at radius 3 is 2.16 bits per heavy atom. The standard InChI is InChI=1S/C25H19N3O3S/c29-22(16-28-23(30)18-10-4-5-11-19(18)24(28)31)27(15-14-17-8-2-1-3-9-17)25-26-20-12-6-7-13-21(20)32-25/h1-13H,14-16H2. The smallest absolute Gasteiger partial charge is 0.262 e. The van der Waals surface area contributed by atoms with Crippen LogP contribution in [0.2, 0.25) is 0 Å². The first-order valence-corrected chi connectivity index (χ1v) is 11.1. The number of nitrogens with zero attached hydrogens (tertiary/aromatic N) is 3. The first-order valence-electron chi connectivity index (χ1n) is 10.3. The van der Waals surface area contributed by atoms with Crippen LogP contribution in [0.3, 0.4) is 0 Å². The summed E-state index contributed by atoms with van der Waals surface area (Å²) in [5.41, 5.74) is 2.57. The van der Waals surface area contributed by atoms with E-state index < -0.39 is 11.8 Å². The first-order chi connectivity index (χ1) is 15.6. The zero-order valence-corrected chi connectivity index (χ0v) is 17.9. The van der Waals surface area contributed by atoms with Crippen molar-refractivity contribution in [3.05, 3.63) is 95.6 Å². The molecule has 0 saturated heterocycles. The zero-order chi connectivity index (χ0) is 22.1. The summed E-state index contributed by atoms with van der Waals surface area (Å²) in [7, 11) is 0. The van der Waals surface area contributed by atoms with Gasteiger partial charge in [0, 0.05) is 6.54 Å². The Hall–Kier alpha value is -3.84. The Balaban J connectivity index is 1.42. The van der Waals surface area contributed by atoms with Crippen LogP contribution in [-0.2, 0) is 11.2 Å². The lowest BCUT2D eigenvalue weighted by Crippen LogP contribution is -2.43. The van der Waals surface area contributed by atoms with Crippen molar-refractivity contribution in [2.45, 2.75) is 6.42 Å². The molecule has 0 saturated carbocycles. The van der Waals surface area contributed by atoms with E-state index in [1.54, 1.807) is 29.2 Å². The second-order valence-corrected chi connectivity index (χ2v) is 8.50. The molecule has 0 aliphatic carbocycles. The molecule has 1 aromatic heterocycles. The average Bonchev–Trinajstić information content (AvgIpc) is 3.35. The van der Waals surface area contributed by atoms with Crippen molar-refractivity contribution in [3.8, 4) is 0 Å². The largest absolute Gasteiger partial charge is 0.286 e. The molecule has 0 bridgehead atoms. The molecule has 158 valence electrons. The van der Waals surface area contributed by atoms with Gasteiger partial charge in [-0.05, 0) is 36.2 Å². The highest BCUT2D eigenvalue weighted by atomic mass is 32.1. The molecular formula is C25H19N3O3S. The molecule has 0 radical (unpaired) electrons.